The average Bonchev–Trinajstić information content (AvgIpc) is 2.68. The summed E-state index contributed by atoms with van der Waals surface area (Å²) in [6.07, 6.45) is 3.89. The summed E-state index contributed by atoms with van der Waals surface area (Å²) in [4.78, 5) is 13.6. The highest BCUT2D eigenvalue weighted by Gasteiger charge is 2.48. The van der Waals surface area contributed by atoms with Crippen LogP contribution in [0.1, 0.15) is 53.2 Å². The maximum Gasteiger partial charge on any atom is 0.185 e. The van der Waals surface area contributed by atoms with Gasteiger partial charge < -0.3 is 10.1 Å². The molecule has 3 nitrogen and oxygen atoms in total. The standard InChI is InChI=1S/C27H30BrNO2/c1-25(2,3)19-15-27(16-20(23(19)30)26(4,5)6)24(17-10-8-7-9-11-17)31-22-13-12-18(28)14-21(22)29-27/h7-16,24,29H,1-6H3. The van der Waals surface area contributed by atoms with Gasteiger partial charge in [-0.15, -0.1) is 0 Å². The van der Waals surface area contributed by atoms with Crippen molar-refractivity contribution < 1.29 is 9.53 Å². The van der Waals surface area contributed by atoms with Crippen LogP contribution in [0.3, 0.4) is 0 Å². The highest BCUT2D eigenvalue weighted by molar-refractivity contribution is 9.10. The quantitative estimate of drug-likeness (QED) is 0.467. The number of halogens is 1. The predicted molar refractivity (Wildman–Crippen MR) is 130 cm³/mol. The van der Waals surface area contributed by atoms with E-state index in [1.54, 1.807) is 0 Å². The van der Waals surface area contributed by atoms with Crippen molar-refractivity contribution in [3.8, 4) is 5.75 Å². The molecule has 31 heavy (non-hydrogen) atoms. The molecular weight excluding hydrogens is 450 g/mol. The maximum atomic E-state index is 13.6. The lowest BCUT2D eigenvalue weighted by molar-refractivity contribution is -0.114. The molecule has 2 aromatic rings. The number of ether oxygens (including phenoxy) is 1. The Balaban J connectivity index is 2.01. The third-order valence-electron chi connectivity index (χ3n) is 5.95. The number of hydrogen-bond donors (Lipinski definition) is 1. The van der Waals surface area contributed by atoms with Gasteiger partial charge in [-0.05, 0) is 46.7 Å². The van der Waals surface area contributed by atoms with E-state index in [2.05, 4.69) is 87.1 Å². The minimum Gasteiger partial charge on any atom is -0.480 e. The van der Waals surface area contributed by atoms with Gasteiger partial charge in [-0.25, -0.2) is 0 Å². The Labute approximate surface area is 193 Å². The molecule has 1 N–H and O–H groups in total. The fourth-order valence-electron chi connectivity index (χ4n) is 4.33. The van der Waals surface area contributed by atoms with Crippen molar-refractivity contribution in [1.82, 2.24) is 0 Å². The number of rotatable bonds is 1. The molecule has 0 fully saturated rings. The fourth-order valence-corrected chi connectivity index (χ4v) is 4.69. The summed E-state index contributed by atoms with van der Waals surface area (Å²) < 4.78 is 7.61. The number of carbonyl (C=O) groups is 1. The lowest BCUT2D eigenvalue weighted by Crippen LogP contribution is -2.50. The molecule has 0 amide bonds. The Morgan fingerprint density at radius 3 is 2.03 bits per heavy atom. The maximum absolute atomic E-state index is 13.6. The monoisotopic (exact) mass is 479 g/mol. The van der Waals surface area contributed by atoms with Crippen LogP contribution in [0.4, 0.5) is 5.69 Å². The van der Waals surface area contributed by atoms with Gasteiger partial charge in [-0.2, -0.15) is 0 Å². The summed E-state index contributed by atoms with van der Waals surface area (Å²) >= 11 is 3.58. The Hall–Kier alpha value is -2.33. The molecule has 2 aromatic carbocycles. The van der Waals surface area contributed by atoms with Crippen molar-refractivity contribution in [1.29, 1.82) is 0 Å². The SMILES string of the molecule is CC(C)(C)C1=CC2(C=C(C(C)(C)C)C1=O)Nc1cc(Br)ccc1OC2c1ccccc1. The van der Waals surface area contributed by atoms with E-state index < -0.39 is 5.54 Å². The van der Waals surface area contributed by atoms with Crippen LogP contribution in [0.2, 0.25) is 0 Å². The first-order chi connectivity index (χ1) is 14.4. The zero-order valence-corrected chi connectivity index (χ0v) is 20.6. The molecule has 4 rings (SSSR count). The predicted octanol–water partition coefficient (Wildman–Crippen LogP) is 7.26. The number of nitrogens with one attached hydrogen (secondary N) is 1. The molecular formula is C27H30BrNO2. The van der Waals surface area contributed by atoms with Gasteiger partial charge in [0.05, 0.1) is 5.69 Å². The van der Waals surface area contributed by atoms with E-state index in [-0.39, 0.29) is 22.7 Å². The zero-order valence-electron chi connectivity index (χ0n) is 19.0. The summed E-state index contributed by atoms with van der Waals surface area (Å²) in [7, 11) is 0. The van der Waals surface area contributed by atoms with Crippen molar-refractivity contribution in [2.24, 2.45) is 10.8 Å². The molecule has 4 heteroatoms. The van der Waals surface area contributed by atoms with Crippen LogP contribution < -0.4 is 10.1 Å². The number of anilines is 1. The van der Waals surface area contributed by atoms with Crippen LogP contribution in [0.5, 0.6) is 5.75 Å². The number of hydrogen-bond acceptors (Lipinski definition) is 3. The van der Waals surface area contributed by atoms with Crippen LogP contribution in [-0.4, -0.2) is 11.3 Å². The topological polar surface area (TPSA) is 38.3 Å². The number of Topliss-reactive ketones (excluding diaryl/α,β-unsaturated/α-hetero) is 1. The molecule has 1 unspecified atom stereocenters. The first-order valence-corrected chi connectivity index (χ1v) is 11.5. The van der Waals surface area contributed by atoms with Gasteiger partial charge in [0.15, 0.2) is 11.9 Å². The van der Waals surface area contributed by atoms with Crippen molar-refractivity contribution >= 4 is 27.4 Å². The van der Waals surface area contributed by atoms with E-state index in [0.717, 1.165) is 32.6 Å². The molecule has 0 aromatic heterocycles. The molecule has 1 heterocycles. The van der Waals surface area contributed by atoms with Gasteiger partial charge in [0.2, 0.25) is 0 Å². The van der Waals surface area contributed by atoms with Crippen LogP contribution in [0.25, 0.3) is 0 Å². The van der Waals surface area contributed by atoms with Gasteiger partial charge >= 0.3 is 0 Å². The van der Waals surface area contributed by atoms with Gasteiger partial charge in [0.25, 0.3) is 0 Å². The smallest absolute Gasteiger partial charge is 0.185 e. The number of carbonyl (C=O) groups excluding carboxylic acids is 1. The highest BCUT2D eigenvalue weighted by Crippen LogP contribution is 2.50. The molecule has 0 bridgehead atoms. The minimum atomic E-state index is -0.686. The zero-order chi connectivity index (χ0) is 22.6. The van der Waals surface area contributed by atoms with E-state index in [9.17, 15) is 4.79 Å². The Morgan fingerprint density at radius 1 is 0.903 bits per heavy atom. The molecule has 0 saturated carbocycles. The van der Waals surface area contributed by atoms with E-state index in [1.807, 2.05) is 36.4 Å². The number of fused-ring (bicyclic) bond motifs is 1. The average molecular weight is 480 g/mol. The summed E-state index contributed by atoms with van der Waals surface area (Å²) in [5, 5.41) is 3.77. The van der Waals surface area contributed by atoms with Crippen molar-refractivity contribution in [3.63, 3.8) is 0 Å². The molecule has 0 saturated heterocycles. The molecule has 1 spiro atoms. The first-order valence-electron chi connectivity index (χ1n) is 10.7. The third kappa shape index (κ3) is 3.98. The van der Waals surface area contributed by atoms with Crippen molar-refractivity contribution in [2.75, 3.05) is 5.32 Å². The number of benzene rings is 2. The first kappa shape index (κ1) is 21.9. The van der Waals surface area contributed by atoms with Gasteiger partial charge in [0.1, 0.15) is 11.3 Å². The lowest BCUT2D eigenvalue weighted by atomic mass is 9.67. The summed E-state index contributed by atoms with van der Waals surface area (Å²) in [5.74, 6) is 0.926. The van der Waals surface area contributed by atoms with E-state index in [1.165, 1.54) is 0 Å². The molecule has 1 aliphatic heterocycles. The molecule has 2 aliphatic rings. The van der Waals surface area contributed by atoms with E-state index >= 15 is 0 Å². The summed E-state index contributed by atoms with van der Waals surface area (Å²) in [6, 6.07) is 16.2. The normalized spacial score (nSPS) is 20.4. The van der Waals surface area contributed by atoms with Gasteiger partial charge in [0, 0.05) is 15.6 Å². The summed E-state index contributed by atoms with van der Waals surface area (Å²) in [5.41, 5.74) is 2.32. The second-order valence-electron chi connectivity index (χ2n) is 10.6. The van der Waals surface area contributed by atoms with Gasteiger partial charge in [-0.3, -0.25) is 4.79 Å². The minimum absolute atomic E-state index is 0.124. The van der Waals surface area contributed by atoms with E-state index in [0.29, 0.717) is 0 Å². The second-order valence-corrected chi connectivity index (χ2v) is 11.5. The molecule has 1 atom stereocenters. The number of allylic oxidation sites excluding steroid dienone is 2. The molecule has 0 radical (unpaired) electrons. The third-order valence-corrected chi connectivity index (χ3v) is 6.44. The Bertz CT molecular complexity index is 1050. The lowest BCUT2D eigenvalue weighted by Gasteiger charge is -2.47. The van der Waals surface area contributed by atoms with E-state index in [4.69, 9.17) is 4.74 Å². The number of ketones is 1. The molecule has 1 aliphatic carbocycles. The molecule has 162 valence electrons. The van der Waals surface area contributed by atoms with Gasteiger partial charge in [-0.1, -0.05) is 87.8 Å². The van der Waals surface area contributed by atoms with Crippen molar-refractivity contribution in [3.05, 3.63) is 81.9 Å². The van der Waals surface area contributed by atoms with Crippen LogP contribution in [-0.2, 0) is 4.79 Å². The van der Waals surface area contributed by atoms with Crippen LogP contribution in [0.15, 0.2) is 76.3 Å². The highest BCUT2D eigenvalue weighted by atomic mass is 79.9. The summed E-state index contributed by atoms with van der Waals surface area (Å²) in [6.45, 7) is 12.6. The van der Waals surface area contributed by atoms with Crippen molar-refractivity contribution in [2.45, 2.75) is 53.2 Å². The van der Waals surface area contributed by atoms with Crippen LogP contribution >= 0.6 is 15.9 Å². The second kappa shape index (κ2) is 7.37. The Kier molecular flexibility index (Phi) is 5.20. The Morgan fingerprint density at radius 2 is 1.48 bits per heavy atom. The fraction of sp³-hybridized carbons (Fsp3) is 0.370. The van der Waals surface area contributed by atoms with Crippen LogP contribution in [0, 0.1) is 10.8 Å². The largest absolute Gasteiger partial charge is 0.480 e.